The van der Waals surface area contributed by atoms with Gasteiger partial charge in [-0.2, -0.15) is 0 Å². The van der Waals surface area contributed by atoms with Crippen molar-refractivity contribution in [3.05, 3.63) is 17.8 Å². The monoisotopic (exact) mass is 257 g/mol. The Hall–Kier alpha value is -1.14. The van der Waals surface area contributed by atoms with Crippen LogP contribution in [-0.4, -0.2) is 29.9 Å². The van der Waals surface area contributed by atoms with Crippen LogP contribution in [0, 0.1) is 6.92 Å². The molecular formula is C11H19N3O2S. The van der Waals surface area contributed by atoms with E-state index in [9.17, 15) is 0 Å². The predicted molar refractivity (Wildman–Crippen MR) is 69.8 cm³/mol. The molecule has 0 bridgehead atoms. The number of nitrogens with zero attached hydrogens (tertiary/aromatic N) is 1. The summed E-state index contributed by atoms with van der Waals surface area (Å²) >= 11 is 5.11. The standard InChI is InChI=1S/C11H19N3O2S/c1-3-15-6-4-5-12-11(17)14-8-10-13-7-9(2)16-10/h7H,3-6,8H2,1-2H3,(H2,12,14,17). The van der Waals surface area contributed by atoms with Crippen molar-refractivity contribution in [1.29, 1.82) is 0 Å². The molecule has 1 heterocycles. The molecule has 6 heteroatoms. The van der Waals surface area contributed by atoms with E-state index in [1.807, 2.05) is 13.8 Å². The molecule has 0 unspecified atom stereocenters. The Morgan fingerprint density at radius 3 is 3.00 bits per heavy atom. The van der Waals surface area contributed by atoms with E-state index >= 15 is 0 Å². The lowest BCUT2D eigenvalue weighted by Gasteiger charge is -2.08. The third kappa shape index (κ3) is 6.23. The highest BCUT2D eigenvalue weighted by Crippen LogP contribution is 2.00. The van der Waals surface area contributed by atoms with E-state index in [0.717, 1.165) is 31.9 Å². The molecule has 0 saturated carbocycles. The summed E-state index contributed by atoms with van der Waals surface area (Å²) in [5.74, 6) is 1.44. The molecule has 0 spiro atoms. The van der Waals surface area contributed by atoms with Crippen molar-refractivity contribution < 1.29 is 9.15 Å². The highest BCUT2D eigenvalue weighted by atomic mass is 32.1. The summed E-state index contributed by atoms with van der Waals surface area (Å²) in [6.45, 7) is 6.66. The van der Waals surface area contributed by atoms with Crippen molar-refractivity contribution in [2.24, 2.45) is 0 Å². The van der Waals surface area contributed by atoms with Gasteiger partial charge in [-0.25, -0.2) is 4.98 Å². The van der Waals surface area contributed by atoms with E-state index in [-0.39, 0.29) is 0 Å². The molecule has 0 aromatic carbocycles. The first kappa shape index (κ1) is 13.9. The van der Waals surface area contributed by atoms with Crippen LogP contribution in [0.25, 0.3) is 0 Å². The van der Waals surface area contributed by atoms with E-state index in [2.05, 4.69) is 15.6 Å². The minimum Gasteiger partial charge on any atom is -0.444 e. The minimum atomic E-state index is 0.505. The fourth-order valence-corrected chi connectivity index (χ4v) is 1.40. The second-order valence-corrected chi connectivity index (χ2v) is 3.93. The zero-order valence-electron chi connectivity index (χ0n) is 10.3. The van der Waals surface area contributed by atoms with E-state index in [1.165, 1.54) is 0 Å². The molecule has 0 atom stereocenters. The molecule has 5 nitrogen and oxygen atoms in total. The summed E-state index contributed by atoms with van der Waals surface area (Å²) in [6, 6.07) is 0. The van der Waals surface area contributed by atoms with E-state index < -0.39 is 0 Å². The summed E-state index contributed by atoms with van der Waals surface area (Å²) in [5, 5.41) is 6.72. The fourth-order valence-electron chi connectivity index (χ4n) is 1.22. The Balaban J connectivity index is 2.05. The number of rotatable bonds is 7. The van der Waals surface area contributed by atoms with E-state index in [4.69, 9.17) is 21.4 Å². The van der Waals surface area contributed by atoms with Crippen LogP contribution in [0.15, 0.2) is 10.6 Å². The van der Waals surface area contributed by atoms with Crippen molar-refractivity contribution in [1.82, 2.24) is 15.6 Å². The summed E-state index contributed by atoms with van der Waals surface area (Å²) in [7, 11) is 0. The number of nitrogens with one attached hydrogen (secondary N) is 2. The Morgan fingerprint density at radius 2 is 2.35 bits per heavy atom. The van der Waals surface area contributed by atoms with Crippen LogP contribution in [0.2, 0.25) is 0 Å². The molecule has 17 heavy (non-hydrogen) atoms. The number of aromatic nitrogens is 1. The molecule has 0 aliphatic heterocycles. The third-order valence-electron chi connectivity index (χ3n) is 2.02. The van der Waals surface area contributed by atoms with Crippen molar-refractivity contribution in [2.45, 2.75) is 26.8 Å². The van der Waals surface area contributed by atoms with Gasteiger partial charge in [0.15, 0.2) is 5.11 Å². The minimum absolute atomic E-state index is 0.505. The van der Waals surface area contributed by atoms with Gasteiger partial charge in [0.25, 0.3) is 0 Å². The SMILES string of the molecule is CCOCCCNC(=S)NCc1ncc(C)o1. The quantitative estimate of drug-likeness (QED) is 0.568. The molecule has 96 valence electrons. The van der Waals surface area contributed by atoms with Crippen LogP contribution in [0.1, 0.15) is 25.0 Å². The van der Waals surface area contributed by atoms with Gasteiger partial charge < -0.3 is 19.8 Å². The molecule has 1 rings (SSSR count). The maximum absolute atomic E-state index is 5.31. The fraction of sp³-hybridized carbons (Fsp3) is 0.636. The van der Waals surface area contributed by atoms with Gasteiger partial charge in [0, 0.05) is 19.8 Å². The lowest BCUT2D eigenvalue weighted by atomic mass is 10.4. The summed E-state index contributed by atoms with van der Waals surface area (Å²) < 4.78 is 10.5. The number of hydrogen-bond acceptors (Lipinski definition) is 4. The van der Waals surface area contributed by atoms with Crippen LogP contribution in [0.4, 0.5) is 0 Å². The van der Waals surface area contributed by atoms with Gasteiger partial charge >= 0.3 is 0 Å². The zero-order valence-corrected chi connectivity index (χ0v) is 11.1. The Labute approximate surface area is 107 Å². The highest BCUT2D eigenvalue weighted by Gasteiger charge is 2.01. The van der Waals surface area contributed by atoms with Crippen LogP contribution in [0.5, 0.6) is 0 Å². The van der Waals surface area contributed by atoms with Gasteiger partial charge in [0.2, 0.25) is 5.89 Å². The first-order valence-corrected chi connectivity index (χ1v) is 6.14. The molecule has 0 radical (unpaired) electrons. The van der Waals surface area contributed by atoms with Gasteiger partial charge in [-0.3, -0.25) is 0 Å². The van der Waals surface area contributed by atoms with Crippen LogP contribution < -0.4 is 10.6 Å². The maximum atomic E-state index is 5.31. The first-order chi connectivity index (χ1) is 8.22. The topological polar surface area (TPSA) is 59.3 Å². The number of ether oxygens (including phenoxy) is 1. The molecule has 0 amide bonds. The van der Waals surface area contributed by atoms with Crippen LogP contribution in [-0.2, 0) is 11.3 Å². The molecule has 1 aromatic heterocycles. The van der Waals surface area contributed by atoms with Gasteiger partial charge in [-0.05, 0) is 32.5 Å². The molecule has 0 aliphatic rings. The van der Waals surface area contributed by atoms with Crippen molar-refractivity contribution in [2.75, 3.05) is 19.8 Å². The Kier molecular flexibility index (Phi) is 6.57. The van der Waals surface area contributed by atoms with Crippen molar-refractivity contribution >= 4 is 17.3 Å². The smallest absolute Gasteiger partial charge is 0.213 e. The van der Waals surface area contributed by atoms with Crippen molar-refractivity contribution in [3.63, 3.8) is 0 Å². The maximum Gasteiger partial charge on any atom is 0.213 e. The molecule has 0 aliphatic carbocycles. The van der Waals surface area contributed by atoms with Crippen LogP contribution in [0.3, 0.4) is 0 Å². The molecule has 0 fully saturated rings. The number of thiocarbonyl (C=S) groups is 1. The Bertz CT molecular complexity index is 341. The normalized spacial score (nSPS) is 10.2. The lowest BCUT2D eigenvalue weighted by molar-refractivity contribution is 0.145. The molecular weight excluding hydrogens is 238 g/mol. The van der Waals surface area contributed by atoms with Crippen LogP contribution >= 0.6 is 12.2 Å². The number of oxazole rings is 1. The Morgan fingerprint density at radius 1 is 1.53 bits per heavy atom. The lowest BCUT2D eigenvalue weighted by Crippen LogP contribution is -2.35. The second-order valence-electron chi connectivity index (χ2n) is 3.52. The third-order valence-corrected chi connectivity index (χ3v) is 2.31. The van der Waals surface area contributed by atoms with E-state index in [1.54, 1.807) is 6.20 Å². The van der Waals surface area contributed by atoms with Gasteiger partial charge in [-0.1, -0.05) is 0 Å². The summed E-state index contributed by atoms with van der Waals surface area (Å²) in [5.41, 5.74) is 0. The number of aryl methyl sites for hydroxylation is 1. The van der Waals surface area contributed by atoms with E-state index in [0.29, 0.717) is 17.5 Å². The molecule has 2 N–H and O–H groups in total. The second kappa shape index (κ2) is 8.03. The predicted octanol–water partition coefficient (Wildman–Crippen LogP) is 1.37. The zero-order chi connectivity index (χ0) is 12.5. The molecule has 0 saturated heterocycles. The average Bonchev–Trinajstić information content (AvgIpc) is 2.72. The van der Waals surface area contributed by atoms with Gasteiger partial charge in [-0.15, -0.1) is 0 Å². The summed E-state index contributed by atoms with van der Waals surface area (Å²) in [4.78, 5) is 4.07. The highest BCUT2D eigenvalue weighted by molar-refractivity contribution is 7.80. The van der Waals surface area contributed by atoms with Crippen molar-refractivity contribution in [3.8, 4) is 0 Å². The first-order valence-electron chi connectivity index (χ1n) is 5.73. The summed E-state index contributed by atoms with van der Waals surface area (Å²) in [6.07, 6.45) is 2.63. The average molecular weight is 257 g/mol. The number of hydrogen-bond donors (Lipinski definition) is 2. The van der Waals surface area contributed by atoms with Gasteiger partial charge in [0.1, 0.15) is 5.76 Å². The largest absolute Gasteiger partial charge is 0.444 e. The molecule has 1 aromatic rings. The van der Waals surface area contributed by atoms with Gasteiger partial charge in [0.05, 0.1) is 12.7 Å².